The quantitative estimate of drug-likeness (QED) is 0.571. The minimum atomic E-state index is -2.90. The number of carbonyl (C=O) groups is 1. The normalized spacial score (nSPS) is 13.9. The Kier molecular flexibility index (Phi) is 8.06. The summed E-state index contributed by atoms with van der Waals surface area (Å²) in [4.78, 5) is 14.2. The second-order valence-corrected chi connectivity index (χ2v) is 6.20. The molecule has 0 spiro atoms. The van der Waals surface area contributed by atoms with E-state index in [1.54, 1.807) is 19.2 Å². The van der Waals surface area contributed by atoms with Gasteiger partial charge in [-0.1, -0.05) is 6.07 Å². The van der Waals surface area contributed by atoms with Crippen molar-refractivity contribution in [1.29, 1.82) is 0 Å². The van der Waals surface area contributed by atoms with Crippen molar-refractivity contribution in [2.24, 2.45) is 0 Å². The molecule has 0 saturated heterocycles. The van der Waals surface area contributed by atoms with Crippen molar-refractivity contribution in [3.8, 4) is 11.5 Å². The Hall–Kier alpha value is -1.93. The number of nitrogens with zero attached hydrogens (tertiary/aromatic N) is 1. The number of rotatable bonds is 12. The molecule has 0 aromatic heterocycles. The van der Waals surface area contributed by atoms with E-state index in [1.807, 2.05) is 0 Å². The van der Waals surface area contributed by atoms with Crippen molar-refractivity contribution >= 4 is 5.91 Å². The van der Waals surface area contributed by atoms with Gasteiger partial charge in [0.15, 0.2) is 11.5 Å². The summed E-state index contributed by atoms with van der Waals surface area (Å²) in [5.41, 5.74) is 0.877. The SMILES string of the molecule is COCCCNC(=O)CN(Cc1ccc(OC(F)F)c(OC)c1)C1CC1. The molecule has 1 aromatic carbocycles. The molecule has 0 bridgehead atoms. The highest BCUT2D eigenvalue weighted by Gasteiger charge is 2.30. The molecule has 6 nitrogen and oxygen atoms in total. The van der Waals surface area contributed by atoms with Gasteiger partial charge in [0.1, 0.15) is 0 Å². The van der Waals surface area contributed by atoms with Crippen LogP contribution in [0.25, 0.3) is 0 Å². The van der Waals surface area contributed by atoms with Crippen LogP contribution in [-0.2, 0) is 16.1 Å². The van der Waals surface area contributed by atoms with E-state index in [0.717, 1.165) is 24.8 Å². The highest BCUT2D eigenvalue weighted by Crippen LogP contribution is 2.32. The molecule has 8 heteroatoms. The van der Waals surface area contributed by atoms with Crippen molar-refractivity contribution < 1.29 is 27.8 Å². The van der Waals surface area contributed by atoms with Crippen LogP contribution in [0.4, 0.5) is 8.78 Å². The molecule has 146 valence electrons. The Morgan fingerprint density at radius 2 is 2.08 bits per heavy atom. The lowest BCUT2D eigenvalue weighted by Crippen LogP contribution is -2.38. The van der Waals surface area contributed by atoms with Crippen LogP contribution < -0.4 is 14.8 Å². The number of ether oxygens (including phenoxy) is 3. The Morgan fingerprint density at radius 3 is 2.69 bits per heavy atom. The van der Waals surface area contributed by atoms with Gasteiger partial charge in [-0.3, -0.25) is 9.69 Å². The fraction of sp³-hybridized carbons (Fsp3) is 0.611. The van der Waals surface area contributed by atoms with E-state index in [1.165, 1.54) is 13.2 Å². The van der Waals surface area contributed by atoms with Crippen LogP contribution in [0, 0.1) is 0 Å². The van der Waals surface area contributed by atoms with Gasteiger partial charge in [0, 0.05) is 32.8 Å². The van der Waals surface area contributed by atoms with E-state index in [0.29, 0.717) is 32.3 Å². The monoisotopic (exact) mass is 372 g/mol. The molecule has 0 unspecified atom stereocenters. The van der Waals surface area contributed by atoms with Gasteiger partial charge in [0.25, 0.3) is 0 Å². The first-order chi connectivity index (χ1) is 12.5. The van der Waals surface area contributed by atoms with Gasteiger partial charge >= 0.3 is 6.61 Å². The van der Waals surface area contributed by atoms with Crippen LogP contribution in [0.3, 0.4) is 0 Å². The number of methoxy groups -OCH3 is 2. The summed E-state index contributed by atoms with van der Waals surface area (Å²) in [6.07, 6.45) is 2.88. The summed E-state index contributed by atoms with van der Waals surface area (Å²) in [6.45, 7) is -0.867. The number of nitrogens with one attached hydrogen (secondary N) is 1. The summed E-state index contributed by atoms with van der Waals surface area (Å²) >= 11 is 0. The lowest BCUT2D eigenvalue weighted by atomic mass is 10.2. The van der Waals surface area contributed by atoms with Crippen molar-refractivity contribution in [1.82, 2.24) is 10.2 Å². The van der Waals surface area contributed by atoms with Crippen molar-refractivity contribution in [2.75, 3.05) is 33.9 Å². The first-order valence-corrected chi connectivity index (χ1v) is 8.65. The van der Waals surface area contributed by atoms with Crippen LogP contribution in [-0.4, -0.2) is 57.4 Å². The third-order valence-electron chi connectivity index (χ3n) is 4.09. The van der Waals surface area contributed by atoms with E-state index in [9.17, 15) is 13.6 Å². The molecule has 1 N–H and O–H groups in total. The molecule has 2 rings (SSSR count). The zero-order valence-electron chi connectivity index (χ0n) is 15.2. The average molecular weight is 372 g/mol. The maximum absolute atomic E-state index is 12.4. The minimum Gasteiger partial charge on any atom is -0.493 e. The maximum Gasteiger partial charge on any atom is 0.387 e. The molecular formula is C18H26F2N2O4. The fourth-order valence-corrected chi connectivity index (χ4v) is 2.68. The molecule has 1 amide bonds. The summed E-state index contributed by atoms with van der Waals surface area (Å²) < 4.78 is 39.4. The van der Waals surface area contributed by atoms with Crippen molar-refractivity contribution in [3.63, 3.8) is 0 Å². The zero-order valence-corrected chi connectivity index (χ0v) is 15.2. The molecule has 0 radical (unpaired) electrons. The van der Waals surface area contributed by atoms with Gasteiger partial charge in [-0.05, 0) is 37.0 Å². The summed E-state index contributed by atoms with van der Waals surface area (Å²) in [7, 11) is 3.03. The van der Waals surface area contributed by atoms with Crippen LogP contribution >= 0.6 is 0 Å². The minimum absolute atomic E-state index is 0.000100. The summed E-state index contributed by atoms with van der Waals surface area (Å²) in [5, 5.41) is 2.88. The topological polar surface area (TPSA) is 60.0 Å². The largest absolute Gasteiger partial charge is 0.493 e. The van der Waals surface area contributed by atoms with Gasteiger partial charge < -0.3 is 19.5 Å². The molecule has 0 atom stereocenters. The maximum atomic E-state index is 12.4. The third-order valence-corrected chi connectivity index (χ3v) is 4.09. The Morgan fingerprint density at radius 1 is 1.31 bits per heavy atom. The average Bonchev–Trinajstić information content (AvgIpc) is 3.44. The van der Waals surface area contributed by atoms with Gasteiger partial charge in [0.2, 0.25) is 5.91 Å². The molecule has 1 aliphatic rings. The molecular weight excluding hydrogens is 346 g/mol. The predicted molar refractivity (Wildman–Crippen MR) is 92.6 cm³/mol. The molecule has 0 aliphatic heterocycles. The number of halogens is 2. The van der Waals surface area contributed by atoms with Gasteiger partial charge in [-0.15, -0.1) is 0 Å². The third kappa shape index (κ3) is 6.76. The fourth-order valence-electron chi connectivity index (χ4n) is 2.68. The Labute approximate surface area is 152 Å². The molecule has 26 heavy (non-hydrogen) atoms. The van der Waals surface area contributed by atoms with Gasteiger partial charge in [-0.2, -0.15) is 8.78 Å². The van der Waals surface area contributed by atoms with Crippen molar-refractivity contribution in [3.05, 3.63) is 23.8 Å². The number of hydrogen-bond donors (Lipinski definition) is 1. The smallest absolute Gasteiger partial charge is 0.387 e. The molecule has 1 aliphatic carbocycles. The summed E-state index contributed by atoms with van der Waals surface area (Å²) in [6, 6.07) is 5.23. The Balaban J connectivity index is 1.93. The van der Waals surface area contributed by atoms with E-state index in [-0.39, 0.29) is 17.4 Å². The summed E-state index contributed by atoms with van der Waals surface area (Å²) in [5.74, 6) is 0.222. The molecule has 1 fully saturated rings. The number of hydrogen-bond acceptors (Lipinski definition) is 5. The van der Waals surface area contributed by atoms with Crippen LogP contribution in [0.1, 0.15) is 24.8 Å². The van der Waals surface area contributed by atoms with E-state index < -0.39 is 6.61 Å². The van der Waals surface area contributed by atoms with E-state index >= 15 is 0 Å². The zero-order chi connectivity index (χ0) is 18.9. The van der Waals surface area contributed by atoms with Gasteiger partial charge in [-0.25, -0.2) is 0 Å². The highest BCUT2D eigenvalue weighted by atomic mass is 19.3. The number of amides is 1. The molecule has 1 saturated carbocycles. The molecule has 1 aromatic rings. The number of carbonyl (C=O) groups excluding carboxylic acids is 1. The first-order valence-electron chi connectivity index (χ1n) is 8.65. The highest BCUT2D eigenvalue weighted by molar-refractivity contribution is 5.78. The Bertz CT molecular complexity index is 582. The standard InChI is InChI=1S/C18H26F2N2O4/c1-24-9-3-8-21-17(23)12-22(14-5-6-14)11-13-4-7-15(26-18(19)20)16(10-13)25-2/h4,7,10,14,18H,3,5-6,8-9,11-12H2,1-2H3,(H,21,23). The van der Waals surface area contributed by atoms with E-state index in [2.05, 4.69) is 15.0 Å². The van der Waals surface area contributed by atoms with Crippen LogP contribution in [0.15, 0.2) is 18.2 Å². The van der Waals surface area contributed by atoms with E-state index in [4.69, 9.17) is 9.47 Å². The van der Waals surface area contributed by atoms with Gasteiger partial charge in [0.05, 0.1) is 13.7 Å². The predicted octanol–water partition coefficient (Wildman–Crippen LogP) is 2.41. The number of benzene rings is 1. The molecule has 0 heterocycles. The lowest BCUT2D eigenvalue weighted by Gasteiger charge is -2.22. The van der Waals surface area contributed by atoms with Crippen LogP contribution in [0.2, 0.25) is 0 Å². The lowest BCUT2D eigenvalue weighted by molar-refractivity contribution is -0.122. The number of alkyl halides is 2. The van der Waals surface area contributed by atoms with Crippen LogP contribution in [0.5, 0.6) is 11.5 Å². The first kappa shape index (κ1) is 20.4. The second-order valence-electron chi connectivity index (χ2n) is 6.20. The van der Waals surface area contributed by atoms with Crippen molar-refractivity contribution in [2.45, 2.75) is 38.5 Å². The second kappa shape index (κ2) is 10.3.